The number of carbonyl (C=O) groups excluding carboxylic acids is 2. The van der Waals surface area contributed by atoms with E-state index in [0.29, 0.717) is 42.7 Å². The lowest BCUT2D eigenvalue weighted by Crippen LogP contribution is -2.38. The van der Waals surface area contributed by atoms with Gasteiger partial charge in [0.1, 0.15) is 11.4 Å². The number of fused-ring (bicyclic) bond motifs is 1. The van der Waals surface area contributed by atoms with E-state index in [-0.39, 0.29) is 11.8 Å². The molecule has 1 N–H and O–H groups in total. The number of nitrogens with one attached hydrogen (secondary N) is 1. The van der Waals surface area contributed by atoms with Crippen molar-refractivity contribution < 1.29 is 14.1 Å². The van der Waals surface area contributed by atoms with Crippen LogP contribution in [0.5, 0.6) is 0 Å². The largest absolute Gasteiger partial charge is 0.360 e. The molecule has 0 atom stereocenters. The molecule has 1 aromatic carbocycles. The second-order valence-corrected chi connectivity index (χ2v) is 9.49. The molecule has 0 radical (unpaired) electrons. The molecule has 6 rings (SSSR count). The third-order valence-electron chi connectivity index (χ3n) is 7.07. The molecule has 0 bridgehead atoms. The summed E-state index contributed by atoms with van der Waals surface area (Å²) in [5, 5.41) is 6.98. The van der Waals surface area contributed by atoms with Gasteiger partial charge in [0.2, 0.25) is 0 Å². The molecular formula is C27H27N5O3. The van der Waals surface area contributed by atoms with Crippen molar-refractivity contribution in [3.63, 3.8) is 0 Å². The fourth-order valence-corrected chi connectivity index (χ4v) is 4.78. The first-order chi connectivity index (χ1) is 17.1. The lowest BCUT2D eigenvalue weighted by Gasteiger charge is -2.31. The van der Waals surface area contributed by atoms with Gasteiger partial charge in [0.15, 0.2) is 5.69 Å². The normalized spacial score (nSPS) is 16.5. The minimum atomic E-state index is -0.0987. The van der Waals surface area contributed by atoms with Crippen molar-refractivity contribution in [2.45, 2.75) is 44.1 Å². The molecule has 35 heavy (non-hydrogen) atoms. The smallest absolute Gasteiger partial charge is 0.276 e. The van der Waals surface area contributed by atoms with E-state index >= 15 is 0 Å². The van der Waals surface area contributed by atoms with Crippen LogP contribution in [0.15, 0.2) is 65.6 Å². The molecule has 8 heteroatoms. The number of benzene rings is 1. The minimum absolute atomic E-state index is 0.0435. The Kier molecular flexibility index (Phi) is 5.56. The van der Waals surface area contributed by atoms with E-state index in [1.165, 1.54) is 5.56 Å². The van der Waals surface area contributed by atoms with E-state index < -0.39 is 0 Å². The predicted octanol–water partition coefficient (Wildman–Crippen LogP) is 4.15. The van der Waals surface area contributed by atoms with E-state index in [0.717, 1.165) is 42.7 Å². The third-order valence-corrected chi connectivity index (χ3v) is 7.07. The van der Waals surface area contributed by atoms with Crippen LogP contribution >= 0.6 is 0 Å². The summed E-state index contributed by atoms with van der Waals surface area (Å²) in [6.07, 6.45) is 9.61. The Balaban J connectivity index is 1.02. The molecular weight excluding hydrogens is 442 g/mol. The van der Waals surface area contributed by atoms with Crippen LogP contribution in [0.3, 0.4) is 0 Å². The number of imidazole rings is 1. The lowest BCUT2D eigenvalue weighted by atomic mass is 9.89. The Morgan fingerprint density at radius 2 is 1.77 bits per heavy atom. The zero-order valence-electron chi connectivity index (χ0n) is 19.4. The molecule has 3 aromatic heterocycles. The predicted molar refractivity (Wildman–Crippen MR) is 129 cm³/mol. The van der Waals surface area contributed by atoms with Gasteiger partial charge in [-0.2, -0.15) is 0 Å². The Morgan fingerprint density at radius 3 is 2.54 bits per heavy atom. The molecule has 0 unspecified atom stereocenters. The van der Waals surface area contributed by atoms with Crippen molar-refractivity contribution in [3.8, 4) is 0 Å². The zero-order chi connectivity index (χ0) is 23.8. The van der Waals surface area contributed by atoms with Gasteiger partial charge in [-0.15, -0.1) is 0 Å². The quantitative estimate of drug-likeness (QED) is 0.458. The molecule has 1 aliphatic carbocycles. The molecule has 2 fully saturated rings. The van der Waals surface area contributed by atoms with Crippen molar-refractivity contribution in [1.29, 1.82) is 0 Å². The molecule has 8 nitrogen and oxygen atoms in total. The number of carbonyl (C=O) groups is 2. The maximum atomic E-state index is 12.8. The summed E-state index contributed by atoms with van der Waals surface area (Å²) < 4.78 is 7.28. The summed E-state index contributed by atoms with van der Waals surface area (Å²) in [7, 11) is 0. The average molecular weight is 470 g/mol. The summed E-state index contributed by atoms with van der Waals surface area (Å²) in [5.74, 6) is 1.52. The van der Waals surface area contributed by atoms with E-state index in [1.807, 2.05) is 64.2 Å². The zero-order valence-corrected chi connectivity index (χ0v) is 19.4. The second kappa shape index (κ2) is 9.02. The fourth-order valence-electron chi connectivity index (χ4n) is 4.78. The molecule has 1 saturated heterocycles. The van der Waals surface area contributed by atoms with Gasteiger partial charge in [0, 0.05) is 55.8 Å². The van der Waals surface area contributed by atoms with Crippen LogP contribution in [0.25, 0.3) is 5.65 Å². The summed E-state index contributed by atoms with van der Waals surface area (Å²) in [6.45, 7) is 1.83. The van der Waals surface area contributed by atoms with Crippen LogP contribution in [-0.4, -0.2) is 44.3 Å². The van der Waals surface area contributed by atoms with E-state index in [1.54, 1.807) is 6.20 Å². The molecule has 4 aromatic rings. The number of pyridine rings is 1. The number of nitrogens with zero attached hydrogens (tertiary/aromatic N) is 4. The maximum absolute atomic E-state index is 12.8. The SMILES string of the molecule is O=C(NCc1ccn2ccnc2c1)c1ccc(C2CCN(C(=O)c3cc(C4CC4)on3)CC2)cc1. The number of hydrogen-bond donors (Lipinski definition) is 1. The Labute approximate surface area is 202 Å². The highest BCUT2D eigenvalue weighted by Gasteiger charge is 2.31. The number of hydrogen-bond acceptors (Lipinski definition) is 5. The molecule has 1 aliphatic heterocycles. The molecule has 4 heterocycles. The van der Waals surface area contributed by atoms with Gasteiger partial charge < -0.3 is 19.1 Å². The first-order valence-electron chi connectivity index (χ1n) is 12.2. The van der Waals surface area contributed by atoms with Gasteiger partial charge in [0.25, 0.3) is 11.8 Å². The summed E-state index contributed by atoms with van der Waals surface area (Å²) >= 11 is 0. The van der Waals surface area contributed by atoms with Crippen molar-refractivity contribution >= 4 is 17.5 Å². The van der Waals surface area contributed by atoms with Crippen LogP contribution in [0.2, 0.25) is 0 Å². The van der Waals surface area contributed by atoms with Crippen LogP contribution < -0.4 is 5.32 Å². The minimum Gasteiger partial charge on any atom is -0.360 e. The lowest BCUT2D eigenvalue weighted by molar-refractivity contribution is 0.0702. The van der Waals surface area contributed by atoms with Crippen LogP contribution in [-0.2, 0) is 6.54 Å². The third kappa shape index (κ3) is 4.56. The molecule has 2 aliphatic rings. The summed E-state index contributed by atoms with van der Waals surface area (Å²) in [4.78, 5) is 31.6. The number of rotatable bonds is 6. The second-order valence-electron chi connectivity index (χ2n) is 9.49. The standard InChI is InChI=1S/C27H27N5O3/c33-26(29-17-18-7-11-31-14-10-28-25(31)15-18)22-5-1-19(2-6-22)20-8-12-32(13-9-20)27(34)23-16-24(35-30-23)21-3-4-21/h1-2,5-7,10-11,14-16,20-21H,3-4,8-9,12-13,17H2,(H,29,33). The van der Waals surface area contributed by atoms with E-state index in [2.05, 4.69) is 15.5 Å². The first kappa shape index (κ1) is 21.6. The first-order valence-corrected chi connectivity index (χ1v) is 12.2. The van der Waals surface area contributed by atoms with Gasteiger partial charge in [-0.25, -0.2) is 4.98 Å². The topological polar surface area (TPSA) is 92.7 Å². The number of piperidine rings is 1. The van der Waals surface area contributed by atoms with Crippen molar-refractivity contribution in [2.75, 3.05) is 13.1 Å². The molecule has 2 amide bonds. The van der Waals surface area contributed by atoms with E-state index in [9.17, 15) is 9.59 Å². The molecule has 178 valence electrons. The Hall–Kier alpha value is -3.94. The fraction of sp³-hybridized carbons (Fsp3) is 0.333. The summed E-state index contributed by atoms with van der Waals surface area (Å²) in [5.41, 5.74) is 4.13. The van der Waals surface area contributed by atoms with Crippen LogP contribution in [0.4, 0.5) is 0 Å². The van der Waals surface area contributed by atoms with Crippen molar-refractivity contribution in [2.24, 2.45) is 0 Å². The highest BCUT2D eigenvalue weighted by atomic mass is 16.5. The van der Waals surface area contributed by atoms with Crippen molar-refractivity contribution in [1.82, 2.24) is 24.8 Å². The molecule has 1 saturated carbocycles. The highest BCUT2D eigenvalue weighted by molar-refractivity contribution is 5.94. The summed E-state index contributed by atoms with van der Waals surface area (Å²) in [6, 6.07) is 13.6. The maximum Gasteiger partial charge on any atom is 0.276 e. The highest BCUT2D eigenvalue weighted by Crippen LogP contribution is 2.40. The average Bonchev–Trinajstić information content (AvgIpc) is 3.44. The number of likely N-dealkylation sites (tertiary alicyclic amines) is 1. The van der Waals surface area contributed by atoms with Gasteiger partial charge in [0.05, 0.1) is 0 Å². The molecule has 0 spiro atoms. The monoisotopic (exact) mass is 469 g/mol. The van der Waals surface area contributed by atoms with Gasteiger partial charge in [-0.3, -0.25) is 9.59 Å². The van der Waals surface area contributed by atoms with Gasteiger partial charge >= 0.3 is 0 Å². The van der Waals surface area contributed by atoms with Crippen molar-refractivity contribution in [3.05, 3.63) is 89.2 Å². The Bertz CT molecular complexity index is 1360. The van der Waals surface area contributed by atoms with Crippen LogP contribution in [0.1, 0.15) is 75.3 Å². The van der Waals surface area contributed by atoms with Gasteiger partial charge in [-0.05, 0) is 67.0 Å². The number of amides is 2. The van der Waals surface area contributed by atoms with E-state index in [4.69, 9.17) is 4.52 Å². The Morgan fingerprint density at radius 1 is 0.971 bits per heavy atom. The van der Waals surface area contributed by atoms with Gasteiger partial charge in [-0.1, -0.05) is 17.3 Å². The number of aromatic nitrogens is 3. The van der Waals surface area contributed by atoms with Crippen LogP contribution in [0, 0.1) is 0 Å².